The number of amides is 2. The van der Waals surface area contributed by atoms with Crippen molar-refractivity contribution in [3.05, 3.63) is 11.6 Å². The lowest BCUT2D eigenvalue weighted by Gasteiger charge is -2.19. The average molecular weight is 271 g/mol. The zero-order chi connectivity index (χ0) is 12.1. The molecule has 94 valence electrons. The van der Waals surface area contributed by atoms with E-state index in [1.54, 1.807) is 6.20 Å². The van der Waals surface area contributed by atoms with Gasteiger partial charge in [0.05, 0.1) is 0 Å². The second-order valence-corrected chi connectivity index (χ2v) is 6.38. The standard InChI is InChI=1S/C11H17N3OS2/c1-2-16-9-5-3-4-8(9)13-10(15)14-11-12-6-7-17-11/h6-9H,2-5H2,1H3,(H2,12,13,14,15)/t8-,9-/m1/s1. The van der Waals surface area contributed by atoms with E-state index in [-0.39, 0.29) is 6.03 Å². The molecule has 6 heteroatoms. The van der Waals surface area contributed by atoms with Gasteiger partial charge in [-0.2, -0.15) is 11.8 Å². The number of hydrogen-bond donors (Lipinski definition) is 2. The molecule has 1 fully saturated rings. The summed E-state index contributed by atoms with van der Waals surface area (Å²) in [7, 11) is 0. The number of thioether (sulfide) groups is 1. The monoisotopic (exact) mass is 271 g/mol. The molecule has 2 N–H and O–H groups in total. The van der Waals surface area contributed by atoms with E-state index in [9.17, 15) is 4.79 Å². The topological polar surface area (TPSA) is 54.0 Å². The van der Waals surface area contributed by atoms with E-state index in [0.717, 1.165) is 12.2 Å². The van der Waals surface area contributed by atoms with E-state index in [0.29, 0.717) is 16.4 Å². The maximum Gasteiger partial charge on any atom is 0.321 e. The summed E-state index contributed by atoms with van der Waals surface area (Å²) < 4.78 is 0. The molecule has 0 radical (unpaired) electrons. The molecule has 0 aromatic carbocycles. The number of carbonyl (C=O) groups is 1. The summed E-state index contributed by atoms with van der Waals surface area (Å²) in [5, 5.41) is 8.88. The van der Waals surface area contributed by atoms with Gasteiger partial charge in [-0.1, -0.05) is 13.3 Å². The smallest absolute Gasteiger partial charge is 0.321 e. The summed E-state index contributed by atoms with van der Waals surface area (Å²) in [6, 6.07) is 0.175. The number of thiazole rings is 1. The zero-order valence-electron chi connectivity index (χ0n) is 9.81. The van der Waals surface area contributed by atoms with Crippen LogP contribution in [0.5, 0.6) is 0 Å². The maximum absolute atomic E-state index is 11.8. The van der Waals surface area contributed by atoms with Crippen LogP contribution in [0.25, 0.3) is 0 Å². The third-order valence-corrected chi connectivity index (χ3v) is 4.82. The molecule has 1 aliphatic carbocycles. The van der Waals surface area contributed by atoms with Crippen LogP contribution in [0, 0.1) is 0 Å². The summed E-state index contributed by atoms with van der Waals surface area (Å²) >= 11 is 3.37. The highest BCUT2D eigenvalue weighted by atomic mass is 32.2. The lowest BCUT2D eigenvalue weighted by molar-refractivity contribution is 0.249. The molecule has 17 heavy (non-hydrogen) atoms. The first-order chi connectivity index (χ1) is 8.29. The Kier molecular flexibility index (Phi) is 4.67. The maximum atomic E-state index is 11.8. The Hall–Kier alpha value is -0.750. The van der Waals surface area contributed by atoms with Crippen molar-refractivity contribution in [3.8, 4) is 0 Å². The fourth-order valence-corrected chi connectivity index (χ4v) is 3.81. The molecule has 0 unspecified atom stereocenters. The first kappa shape index (κ1) is 12.7. The third kappa shape index (κ3) is 3.61. The Labute approximate surface area is 110 Å². The largest absolute Gasteiger partial charge is 0.334 e. The van der Waals surface area contributed by atoms with Crippen molar-refractivity contribution in [3.63, 3.8) is 0 Å². The second kappa shape index (κ2) is 6.26. The number of hydrogen-bond acceptors (Lipinski definition) is 4. The van der Waals surface area contributed by atoms with Gasteiger partial charge in [0.1, 0.15) is 0 Å². The Bertz CT molecular complexity index is 356. The molecule has 1 aromatic heterocycles. The molecule has 1 aromatic rings. The fourth-order valence-electron chi connectivity index (χ4n) is 2.09. The lowest BCUT2D eigenvalue weighted by Crippen LogP contribution is -2.41. The molecule has 2 rings (SSSR count). The van der Waals surface area contributed by atoms with Gasteiger partial charge >= 0.3 is 6.03 Å². The van der Waals surface area contributed by atoms with Gasteiger partial charge in [-0.25, -0.2) is 9.78 Å². The van der Waals surface area contributed by atoms with Crippen LogP contribution in [-0.4, -0.2) is 28.1 Å². The molecule has 0 spiro atoms. The van der Waals surface area contributed by atoms with Crippen LogP contribution in [-0.2, 0) is 0 Å². The summed E-state index contributed by atoms with van der Waals surface area (Å²) in [4.78, 5) is 15.8. The summed E-state index contributed by atoms with van der Waals surface area (Å²) in [6.07, 6.45) is 5.19. The van der Waals surface area contributed by atoms with Gasteiger partial charge in [0.15, 0.2) is 5.13 Å². The predicted molar refractivity (Wildman–Crippen MR) is 73.8 cm³/mol. The summed E-state index contributed by atoms with van der Waals surface area (Å²) in [6.45, 7) is 2.16. The normalized spacial score (nSPS) is 23.6. The lowest BCUT2D eigenvalue weighted by atomic mass is 10.2. The van der Waals surface area contributed by atoms with Gasteiger partial charge in [0, 0.05) is 22.9 Å². The van der Waals surface area contributed by atoms with E-state index in [4.69, 9.17) is 0 Å². The van der Waals surface area contributed by atoms with Gasteiger partial charge in [-0.15, -0.1) is 11.3 Å². The SMILES string of the molecule is CCS[C@@H]1CCC[C@H]1NC(=O)Nc1nccs1. The molecule has 2 atom stereocenters. The van der Waals surface area contributed by atoms with Crippen LogP contribution in [0.1, 0.15) is 26.2 Å². The number of nitrogens with one attached hydrogen (secondary N) is 2. The number of aromatic nitrogens is 1. The molecule has 0 bridgehead atoms. The first-order valence-electron chi connectivity index (χ1n) is 5.88. The summed E-state index contributed by atoms with van der Waals surface area (Å²) in [5.74, 6) is 1.11. The van der Waals surface area contributed by atoms with Crippen molar-refractivity contribution in [2.45, 2.75) is 37.5 Å². The highest BCUT2D eigenvalue weighted by Gasteiger charge is 2.28. The molecule has 1 heterocycles. The molecule has 1 saturated carbocycles. The fraction of sp³-hybridized carbons (Fsp3) is 0.636. The zero-order valence-corrected chi connectivity index (χ0v) is 11.4. The average Bonchev–Trinajstić information content (AvgIpc) is 2.92. The van der Waals surface area contributed by atoms with E-state index in [1.165, 1.54) is 24.2 Å². The van der Waals surface area contributed by atoms with Gasteiger partial charge in [-0.05, 0) is 18.6 Å². The third-order valence-electron chi connectivity index (χ3n) is 2.80. The predicted octanol–water partition coefficient (Wildman–Crippen LogP) is 2.94. The van der Waals surface area contributed by atoms with Crippen LogP contribution >= 0.6 is 23.1 Å². The van der Waals surface area contributed by atoms with Crippen molar-refractivity contribution < 1.29 is 4.79 Å². The van der Waals surface area contributed by atoms with Gasteiger partial charge in [-0.3, -0.25) is 5.32 Å². The van der Waals surface area contributed by atoms with Crippen LogP contribution in [0.15, 0.2) is 11.6 Å². The van der Waals surface area contributed by atoms with Crippen molar-refractivity contribution in [2.75, 3.05) is 11.1 Å². The molecule has 0 saturated heterocycles. The Morgan fingerprint density at radius 1 is 1.65 bits per heavy atom. The highest BCUT2D eigenvalue weighted by Crippen LogP contribution is 2.29. The minimum Gasteiger partial charge on any atom is -0.334 e. The van der Waals surface area contributed by atoms with Crippen LogP contribution < -0.4 is 10.6 Å². The Morgan fingerprint density at radius 2 is 2.53 bits per heavy atom. The number of urea groups is 1. The molecule has 4 nitrogen and oxygen atoms in total. The minimum atomic E-state index is -0.131. The van der Waals surface area contributed by atoms with E-state index >= 15 is 0 Å². The van der Waals surface area contributed by atoms with Crippen LogP contribution in [0.2, 0.25) is 0 Å². The highest BCUT2D eigenvalue weighted by molar-refractivity contribution is 7.99. The number of nitrogens with zero attached hydrogens (tertiary/aromatic N) is 1. The first-order valence-corrected chi connectivity index (χ1v) is 7.81. The quantitative estimate of drug-likeness (QED) is 0.885. The molecular weight excluding hydrogens is 254 g/mol. The van der Waals surface area contributed by atoms with Crippen LogP contribution in [0.3, 0.4) is 0 Å². The number of rotatable bonds is 4. The molecule has 0 aliphatic heterocycles. The van der Waals surface area contributed by atoms with E-state index < -0.39 is 0 Å². The minimum absolute atomic E-state index is 0.131. The van der Waals surface area contributed by atoms with Crippen molar-refractivity contribution in [2.24, 2.45) is 0 Å². The van der Waals surface area contributed by atoms with E-state index in [1.807, 2.05) is 17.1 Å². The summed E-state index contributed by atoms with van der Waals surface area (Å²) in [5.41, 5.74) is 0. The second-order valence-electron chi connectivity index (χ2n) is 3.97. The Morgan fingerprint density at radius 3 is 3.24 bits per heavy atom. The Balaban J connectivity index is 1.81. The van der Waals surface area contributed by atoms with Crippen LogP contribution in [0.4, 0.5) is 9.93 Å². The van der Waals surface area contributed by atoms with Gasteiger partial charge in [0.25, 0.3) is 0 Å². The van der Waals surface area contributed by atoms with Gasteiger partial charge in [0.2, 0.25) is 0 Å². The van der Waals surface area contributed by atoms with E-state index in [2.05, 4.69) is 22.5 Å². The van der Waals surface area contributed by atoms with Crippen molar-refractivity contribution >= 4 is 34.3 Å². The number of carbonyl (C=O) groups excluding carboxylic acids is 1. The molecule has 1 aliphatic rings. The number of anilines is 1. The van der Waals surface area contributed by atoms with Crippen molar-refractivity contribution in [1.29, 1.82) is 0 Å². The van der Waals surface area contributed by atoms with Crippen molar-refractivity contribution in [1.82, 2.24) is 10.3 Å². The molecular formula is C11H17N3OS2. The van der Waals surface area contributed by atoms with Gasteiger partial charge < -0.3 is 5.32 Å². The molecule has 2 amide bonds.